The molecule has 2 aromatic carbocycles. The number of halogens is 1. The summed E-state index contributed by atoms with van der Waals surface area (Å²) in [4.78, 5) is 10.8. The molecule has 0 saturated heterocycles. The molecule has 0 aliphatic rings. The molecule has 0 N–H and O–H groups in total. The fourth-order valence-electron chi connectivity index (χ4n) is 1.57. The maximum Gasteiger partial charge on any atom is 0.409 e. The van der Waals surface area contributed by atoms with Gasteiger partial charge in [0.25, 0.3) is 0 Å². The van der Waals surface area contributed by atoms with Crippen molar-refractivity contribution in [3.05, 3.63) is 36.4 Å². The number of ether oxygens (including phenoxy) is 2. The van der Waals surface area contributed by atoms with Crippen LogP contribution < -0.4 is 9.47 Å². The van der Waals surface area contributed by atoms with Crippen molar-refractivity contribution in [2.24, 2.45) is 0 Å². The second-order valence-corrected chi connectivity index (χ2v) is 3.47. The lowest BCUT2D eigenvalue weighted by atomic mass is 10.1. The third-order valence-electron chi connectivity index (χ3n) is 2.25. The Labute approximate surface area is 97.5 Å². The Balaban J connectivity index is 2.67. The molecule has 0 saturated carbocycles. The zero-order valence-electron chi connectivity index (χ0n) is 8.57. The molecule has 3 nitrogen and oxygen atoms in total. The quantitative estimate of drug-likeness (QED) is 0.748. The summed E-state index contributed by atoms with van der Waals surface area (Å²) in [6.07, 6.45) is 0. The molecule has 0 atom stereocenters. The van der Waals surface area contributed by atoms with Gasteiger partial charge in [-0.1, -0.05) is 30.3 Å². The molecule has 0 aromatic heterocycles. The average molecular weight is 237 g/mol. The molecule has 0 aliphatic carbocycles. The van der Waals surface area contributed by atoms with Crippen molar-refractivity contribution >= 4 is 27.8 Å². The van der Waals surface area contributed by atoms with Gasteiger partial charge in [-0.05, 0) is 11.5 Å². The first-order chi connectivity index (χ1) is 7.72. The van der Waals surface area contributed by atoms with Crippen LogP contribution in [0, 0.1) is 0 Å². The number of methoxy groups -OCH3 is 1. The highest BCUT2D eigenvalue weighted by molar-refractivity contribution is 6.61. The Morgan fingerprint density at radius 3 is 2.62 bits per heavy atom. The highest BCUT2D eigenvalue weighted by atomic mass is 35.5. The molecular weight excluding hydrogens is 228 g/mol. The van der Waals surface area contributed by atoms with E-state index in [1.54, 1.807) is 6.07 Å². The van der Waals surface area contributed by atoms with Crippen molar-refractivity contribution in [1.82, 2.24) is 0 Å². The van der Waals surface area contributed by atoms with Gasteiger partial charge in [-0.25, -0.2) is 4.79 Å². The highest BCUT2D eigenvalue weighted by Crippen LogP contribution is 2.35. The van der Waals surface area contributed by atoms with Crippen LogP contribution in [0.15, 0.2) is 36.4 Å². The lowest BCUT2D eigenvalue weighted by molar-refractivity contribution is 0.224. The summed E-state index contributed by atoms with van der Waals surface area (Å²) in [5.74, 6) is 0.827. The van der Waals surface area contributed by atoms with E-state index in [-0.39, 0.29) is 0 Å². The van der Waals surface area contributed by atoms with Crippen LogP contribution in [0.2, 0.25) is 0 Å². The number of fused-ring (bicyclic) bond motifs is 1. The number of hydrogen-bond acceptors (Lipinski definition) is 3. The summed E-state index contributed by atoms with van der Waals surface area (Å²) in [6, 6.07) is 11.1. The van der Waals surface area contributed by atoms with Crippen LogP contribution in [-0.2, 0) is 0 Å². The van der Waals surface area contributed by atoms with E-state index < -0.39 is 5.43 Å². The molecule has 0 aliphatic heterocycles. The highest BCUT2D eigenvalue weighted by Gasteiger charge is 2.11. The van der Waals surface area contributed by atoms with Crippen LogP contribution in [0.3, 0.4) is 0 Å². The molecule has 4 heteroatoms. The molecule has 82 valence electrons. The van der Waals surface area contributed by atoms with Gasteiger partial charge in [0, 0.05) is 17.0 Å². The second-order valence-electron chi connectivity index (χ2n) is 3.16. The Hall–Kier alpha value is -1.74. The van der Waals surface area contributed by atoms with Crippen LogP contribution in [0.25, 0.3) is 10.8 Å². The van der Waals surface area contributed by atoms with Gasteiger partial charge in [-0.15, -0.1) is 0 Å². The zero-order valence-corrected chi connectivity index (χ0v) is 9.32. The van der Waals surface area contributed by atoms with Crippen LogP contribution in [0.5, 0.6) is 11.5 Å². The Bertz CT molecular complexity index is 537. The molecule has 0 spiro atoms. The van der Waals surface area contributed by atoms with E-state index in [1.807, 2.05) is 30.3 Å². The first-order valence-corrected chi connectivity index (χ1v) is 5.03. The van der Waals surface area contributed by atoms with E-state index in [0.29, 0.717) is 11.5 Å². The van der Waals surface area contributed by atoms with Gasteiger partial charge < -0.3 is 9.47 Å². The van der Waals surface area contributed by atoms with Crippen LogP contribution in [-0.4, -0.2) is 12.5 Å². The standard InChI is InChI=1S/C12H9ClO3/c1-15-10-7-6-8-4-2-3-5-9(8)11(10)16-12(13)14/h2-7H,1H3. The molecule has 2 rings (SSSR count). The fourth-order valence-corrected chi connectivity index (χ4v) is 1.65. The predicted molar refractivity (Wildman–Crippen MR) is 62.4 cm³/mol. The molecule has 0 amide bonds. The van der Waals surface area contributed by atoms with Crippen LogP contribution >= 0.6 is 11.6 Å². The number of carbonyl (C=O) groups is 1. The molecule has 2 aromatic rings. The molecule has 0 heterocycles. The zero-order chi connectivity index (χ0) is 11.5. The number of carbonyl (C=O) groups excluding carboxylic acids is 1. The molecule has 0 fully saturated rings. The van der Waals surface area contributed by atoms with E-state index >= 15 is 0 Å². The summed E-state index contributed by atoms with van der Waals surface area (Å²) in [5, 5.41) is 1.74. The number of hydrogen-bond donors (Lipinski definition) is 0. The minimum absolute atomic E-state index is 0.348. The first-order valence-electron chi connectivity index (χ1n) is 4.65. The monoisotopic (exact) mass is 236 g/mol. The summed E-state index contributed by atoms with van der Waals surface area (Å²) < 4.78 is 10.1. The maximum absolute atomic E-state index is 10.8. The van der Waals surface area contributed by atoms with Crippen molar-refractivity contribution in [2.75, 3.05) is 7.11 Å². The largest absolute Gasteiger partial charge is 0.493 e. The number of benzene rings is 2. The minimum Gasteiger partial charge on any atom is -0.493 e. The second kappa shape index (κ2) is 4.41. The molecule has 0 unspecified atom stereocenters. The summed E-state index contributed by atoms with van der Waals surface area (Å²) >= 11 is 5.22. The van der Waals surface area contributed by atoms with E-state index in [4.69, 9.17) is 21.1 Å². The summed E-state index contributed by atoms with van der Waals surface area (Å²) in [7, 11) is 1.51. The van der Waals surface area contributed by atoms with Crippen LogP contribution in [0.4, 0.5) is 4.79 Å². The Morgan fingerprint density at radius 1 is 1.19 bits per heavy atom. The first kappa shape index (κ1) is 10.8. The molecule has 16 heavy (non-hydrogen) atoms. The van der Waals surface area contributed by atoms with Gasteiger partial charge in [0.1, 0.15) is 0 Å². The van der Waals surface area contributed by atoms with E-state index in [0.717, 1.165) is 10.8 Å². The van der Waals surface area contributed by atoms with Gasteiger partial charge in [0.2, 0.25) is 0 Å². The molecular formula is C12H9ClO3. The maximum atomic E-state index is 10.8. The normalized spacial score (nSPS) is 10.1. The van der Waals surface area contributed by atoms with Gasteiger partial charge in [-0.2, -0.15) is 0 Å². The van der Waals surface area contributed by atoms with Crippen LogP contribution in [0.1, 0.15) is 0 Å². The van der Waals surface area contributed by atoms with Crippen molar-refractivity contribution in [2.45, 2.75) is 0 Å². The van der Waals surface area contributed by atoms with E-state index in [9.17, 15) is 4.79 Å². The van der Waals surface area contributed by atoms with E-state index in [2.05, 4.69) is 0 Å². The summed E-state index contributed by atoms with van der Waals surface area (Å²) in [5.41, 5.74) is -0.880. The van der Waals surface area contributed by atoms with E-state index in [1.165, 1.54) is 7.11 Å². The predicted octanol–water partition coefficient (Wildman–Crippen LogP) is 3.59. The van der Waals surface area contributed by atoms with Gasteiger partial charge >= 0.3 is 5.43 Å². The minimum atomic E-state index is -0.880. The Kier molecular flexibility index (Phi) is 2.97. The van der Waals surface area contributed by atoms with Crippen molar-refractivity contribution < 1.29 is 14.3 Å². The fraction of sp³-hybridized carbons (Fsp3) is 0.0833. The third-order valence-corrected chi connectivity index (χ3v) is 2.32. The lowest BCUT2D eigenvalue weighted by Crippen LogP contribution is -1.99. The number of rotatable bonds is 2. The summed E-state index contributed by atoms with van der Waals surface area (Å²) in [6.45, 7) is 0. The van der Waals surface area contributed by atoms with Crippen molar-refractivity contribution in [3.63, 3.8) is 0 Å². The molecule has 0 bridgehead atoms. The van der Waals surface area contributed by atoms with Crippen molar-refractivity contribution in [3.8, 4) is 11.5 Å². The SMILES string of the molecule is COc1ccc2ccccc2c1OC(=O)Cl. The molecule has 0 radical (unpaired) electrons. The van der Waals surface area contributed by atoms with Gasteiger partial charge in [-0.3, -0.25) is 0 Å². The van der Waals surface area contributed by atoms with Crippen molar-refractivity contribution in [1.29, 1.82) is 0 Å². The smallest absolute Gasteiger partial charge is 0.409 e. The average Bonchev–Trinajstić information content (AvgIpc) is 2.29. The lowest BCUT2D eigenvalue weighted by Gasteiger charge is -2.10. The van der Waals surface area contributed by atoms with Gasteiger partial charge in [0.05, 0.1) is 7.11 Å². The third kappa shape index (κ3) is 1.95. The Morgan fingerprint density at radius 2 is 1.94 bits per heavy atom. The van der Waals surface area contributed by atoms with Gasteiger partial charge in [0.15, 0.2) is 11.5 Å². The topological polar surface area (TPSA) is 35.5 Å².